The Morgan fingerprint density at radius 3 is 2.50 bits per heavy atom. The number of anilines is 2. The number of nitrogens with one attached hydrogen (secondary N) is 1. The van der Waals surface area contributed by atoms with Crippen molar-refractivity contribution in [3.05, 3.63) is 46.7 Å². The molecule has 0 aliphatic carbocycles. The van der Waals surface area contributed by atoms with Crippen molar-refractivity contribution in [2.75, 3.05) is 5.32 Å². The van der Waals surface area contributed by atoms with E-state index in [9.17, 15) is 0 Å². The van der Waals surface area contributed by atoms with Crippen molar-refractivity contribution in [3.63, 3.8) is 0 Å². The minimum absolute atomic E-state index is 0. The first kappa shape index (κ1) is 13.3. The van der Waals surface area contributed by atoms with Crippen molar-refractivity contribution < 1.29 is 17.1 Å². The van der Waals surface area contributed by atoms with Crippen LogP contribution in [0.25, 0.3) is 0 Å². The molecule has 3 nitrogen and oxygen atoms in total. The molecule has 0 aromatic carbocycles. The number of rotatable bonds is 2. The van der Waals surface area contributed by atoms with E-state index >= 15 is 0 Å². The van der Waals surface area contributed by atoms with Gasteiger partial charge in [0.05, 0.1) is 5.02 Å². The van der Waals surface area contributed by atoms with Gasteiger partial charge in [-0.2, -0.15) is 0 Å². The fourth-order valence-corrected chi connectivity index (χ4v) is 1.37. The van der Waals surface area contributed by atoms with Gasteiger partial charge in [0, 0.05) is 12.4 Å². The Kier molecular flexibility index (Phi) is 5.03. The van der Waals surface area contributed by atoms with Gasteiger partial charge in [-0.05, 0) is 18.2 Å². The molecular weight excluding hydrogens is 297 g/mol. The molecule has 0 atom stereocenters. The van der Waals surface area contributed by atoms with Crippen LogP contribution < -0.4 is 5.32 Å². The second-order valence-corrected chi connectivity index (χ2v) is 3.58. The van der Waals surface area contributed by atoms with E-state index in [-0.39, 0.29) is 17.1 Å². The second-order valence-electron chi connectivity index (χ2n) is 2.80. The largest absolute Gasteiger partial charge is 2.00 e. The molecule has 0 saturated carbocycles. The van der Waals surface area contributed by atoms with Crippen LogP contribution >= 0.6 is 23.2 Å². The van der Waals surface area contributed by atoms with E-state index in [0.717, 1.165) is 0 Å². The Morgan fingerprint density at radius 2 is 1.81 bits per heavy atom. The normalized spacial score (nSPS) is 9.38. The van der Waals surface area contributed by atoms with Crippen LogP contribution in [0.4, 0.5) is 11.6 Å². The first-order valence-electron chi connectivity index (χ1n) is 4.25. The van der Waals surface area contributed by atoms with Crippen molar-refractivity contribution in [2.45, 2.75) is 0 Å². The molecule has 6 heteroatoms. The first-order valence-corrected chi connectivity index (χ1v) is 5.01. The standard InChI is InChI=1S/C10H7Cl2N3.Cu/c11-7-4-6-14-10(9(7)12)15-8-3-1-2-5-13-8;/h1-6H,(H,13,14,15);/q;+2. The van der Waals surface area contributed by atoms with Gasteiger partial charge < -0.3 is 5.32 Å². The summed E-state index contributed by atoms with van der Waals surface area (Å²) < 4.78 is 0. The summed E-state index contributed by atoms with van der Waals surface area (Å²) in [4.78, 5) is 8.16. The van der Waals surface area contributed by atoms with E-state index < -0.39 is 0 Å². The summed E-state index contributed by atoms with van der Waals surface area (Å²) in [7, 11) is 0. The molecule has 0 bridgehead atoms. The SMILES string of the molecule is Clc1ccnc(Nc2ccccn2)c1Cl.[Cu+2]. The average Bonchev–Trinajstić information content (AvgIpc) is 2.26. The Morgan fingerprint density at radius 1 is 1.00 bits per heavy atom. The zero-order valence-electron chi connectivity index (χ0n) is 7.92. The molecule has 0 amide bonds. The van der Waals surface area contributed by atoms with Crippen LogP contribution in [-0.2, 0) is 17.1 Å². The van der Waals surface area contributed by atoms with Crippen molar-refractivity contribution >= 4 is 34.8 Å². The van der Waals surface area contributed by atoms with Gasteiger partial charge in [-0.15, -0.1) is 0 Å². The van der Waals surface area contributed by atoms with Crippen molar-refractivity contribution in [3.8, 4) is 0 Å². The Balaban J connectivity index is 0.00000128. The minimum Gasteiger partial charge on any atom is -0.324 e. The van der Waals surface area contributed by atoms with Gasteiger partial charge in [0.2, 0.25) is 0 Å². The molecule has 1 radical (unpaired) electrons. The van der Waals surface area contributed by atoms with Gasteiger partial charge >= 0.3 is 17.1 Å². The number of hydrogen-bond acceptors (Lipinski definition) is 3. The van der Waals surface area contributed by atoms with Crippen molar-refractivity contribution in [1.82, 2.24) is 9.97 Å². The predicted octanol–water partition coefficient (Wildman–Crippen LogP) is 3.52. The molecule has 2 heterocycles. The third-order valence-electron chi connectivity index (χ3n) is 1.75. The van der Waals surface area contributed by atoms with Gasteiger partial charge in [-0.3, -0.25) is 0 Å². The zero-order chi connectivity index (χ0) is 10.7. The summed E-state index contributed by atoms with van der Waals surface area (Å²) in [5, 5.41) is 3.83. The van der Waals surface area contributed by atoms with E-state index in [1.165, 1.54) is 0 Å². The molecule has 16 heavy (non-hydrogen) atoms. The molecule has 0 saturated heterocycles. The topological polar surface area (TPSA) is 37.8 Å². The van der Waals surface area contributed by atoms with Gasteiger partial charge in [0.15, 0.2) is 5.82 Å². The molecule has 1 N–H and O–H groups in total. The monoisotopic (exact) mass is 302 g/mol. The van der Waals surface area contributed by atoms with Crippen LogP contribution in [0.3, 0.4) is 0 Å². The molecule has 0 fully saturated rings. The Labute approximate surface area is 114 Å². The third-order valence-corrected chi connectivity index (χ3v) is 2.55. The number of halogens is 2. The number of aromatic nitrogens is 2. The molecule has 2 aromatic rings. The van der Waals surface area contributed by atoms with E-state index in [1.807, 2.05) is 18.2 Å². The van der Waals surface area contributed by atoms with Crippen LogP contribution in [0.2, 0.25) is 10.0 Å². The zero-order valence-corrected chi connectivity index (χ0v) is 10.4. The van der Waals surface area contributed by atoms with Crippen LogP contribution in [-0.4, -0.2) is 9.97 Å². The van der Waals surface area contributed by atoms with Crippen LogP contribution in [0.5, 0.6) is 0 Å². The summed E-state index contributed by atoms with van der Waals surface area (Å²) in [6.07, 6.45) is 3.26. The van der Waals surface area contributed by atoms with E-state index in [0.29, 0.717) is 21.7 Å². The second kappa shape index (κ2) is 6.06. The molecule has 85 valence electrons. The molecule has 0 aliphatic rings. The molecule has 0 unspecified atom stereocenters. The minimum atomic E-state index is 0. The predicted molar refractivity (Wildman–Crippen MR) is 61.8 cm³/mol. The third kappa shape index (κ3) is 3.09. The number of nitrogens with zero attached hydrogens (tertiary/aromatic N) is 2. The van der Waals surface area contributed by atoms with E-state index in [1.54, 1.807) is 18.5 Å². The van der Waals surface area contributed by atoms with Gasteiger partial charge in [0.25, 0.3) is 0 Å². The fourth-order valence-electron chi connectivity index (χ4n) is 1.07. The summed E-state index contributed by atoms with van der Waals surface area (Å²) in [5.41, 5.74) is 0. The number of pyridine rings is 2. The van der Waals surface area contributed by atoms with Gasteiger partial charge in [0.1, 0.15) is 10.8 Å². The maximum Gasteiger partial charge on any atom is 2.00 e. The maximum absolute atomic E-state index is 5.96. The molecule has 2 rings (SSSR count). The van der Waals surface area contributed by atoms with Gasteiger partial charge in [-0.25, -0.2) is 9.97 Å². The fraction of sp³-hybridized carbons (Fsp3) is 0. The quantitative estimate of drug-likeness (QED) is 0.863. The Hall–Kier alpha value is -0.801. The molecular formula is C10H7Cl2CuN3+2. The van der Waals surface area contributed by atoms with Crippen molar-refractivity contribution in [1.29, 1.82) is 0 Å². The van der Waals surface area contributed by atoms with E-state index in [4.69, 9.17) is 23.2 Å². The number of hydrogen-bond donors (Lipinski definition) is 1. The summed E-state index contributed by atoms with van der Waals surface area (Å²) in [6, 6.07) is 7.15. The molecule has 0 spiro atoms. The maximum atomic E-state index is 5.96. The van der Waals surface area contributed by atoms with Crippen LogP contribution in [0.1, 0.15) is 0 Å². The molecule has 2 aromatic heterocycles. The molecule has 0 aliphatic heterocycles. The summed E-state index contributed by atoms with van der Waals surface area (Å²) in [5.74, 6) is 1.18. The smallest absolute Gasteiger partial charge is 0.324 e. The Bertz CT molecular complexity index is 465. The summed E-state index contributed by atoms with van der Waals surface area (Å²) >= 11 is 11.8. The average molecular weight is 304 g/mol. The van der Waals surface area contributed by atoms with Crippen LogP contribution in [0, 0.1) is 0 Å². The van der Waals surface area contributed by atoms with Crippen LogP contribution in [0.15, 0.2) is 36.7 Å². The first-order chi connectivity index (χ1) is 7.27. The van der Waals surface area contributed by atoms with Crippen molar-refractivity contribution in [2.24, 2.45) is 0 Å². The van der Waals surface area contributed by atoms with Gasteiger partial charge in [-0.1, -0.05) is 29.3 Å². The summed E-state index contributed by atoms with van der Waals surface area (Å²) in [6.45, 7) is 0. The van der Waals surface area contributed by atoms with E-state index in [2.05, 4.69) is 15.3 Å².